The smallest absolute Gasteiger partial charge is 0.339 e. The van der Waals surface area contributed by atoms with Gasteiger partial charge in [0.25, 0.3) is 0 Å². The molecular formula is C29H24ClN3O5. The fourth-order valence-corrected chi connectivity index (χ4v) is 5.50. The summed E-state index contributed by atoms with van der Waals surface area (Å²) in [6.45, 7) is 0. The van der Waals surface area contributed by atoms with E-state index in [0.717, 1.165) is 29.5 Å². The van der Waals surface area contributed by atoms with Gasteiger partial charge in [-0.05, 0) is 60.4 Å². The molecule has 2 aliphatic heterocycles. The molecule has 192 valence electrons. The molecule has 6 rings (SSSR count). The number of methoxy groups -OCH3 is 1. The van der Waals surface area contributed by atoms with Gasteiger partial charge < -0.3 is 19.3 Å². The van der Waals surface area contributed by atoms with Gasteiger partial charge in [-0.3, -0.25) is 4.79 Å². The Hall–Kier alpha value is -4.01. The number of halogens is 1. The number of carbonyl (C=O) groups is 2. The van der Waals surface area contributed by atoms with Gasteiger partial charge >= 0.3 is 5.97 Å². The van der Waals surface area contributed by atoms with Crippen LogP contribution in [0.4, 0.5) is 5.69 Å². The summed E-state index contributed by atoms with van der Waals surface area (Å²) >= 11 is 6.00. The molecule has 1 aromatic heterocycles. The van der Waals surface area contributed by atoms with Crippen molar-refractivity contribution < 1.29 is 23.6 Å². The number of nitrogens with zero attached hydrogens (tertiary/aromatic N) is 2. The number of esters is 1. The molecule has 0 radical (unpaired) electrons. The summed E-state index contributed by atoms with van der Waals surface area (Å²) in [6, 6.07) is 22.1. The number of fused-ring (bicyclic) bond motifs is 2. The number of nitrogens with one attached hydrogen (secondary N) is 1. The number of rotatable bonds is 6. The highest BCUT2D eigenvalue weighted by Gasteiger charge is 2.55. The first kappa shape index (κ1) is 24.3. The van der Waals surface area contributed by atoms with Crippen LogP contribution in [-0.2, 0) is 14.3 Å². The minimum absolute atomic E-state index is 0.199. The molecule has 38 heavy (non-hydrogen) atoms. The molecule has 3 aromatic carbocycles. The highest BCUT2D eigenvalue weighted by Crippen LogP contribution is 2.49. The Balaban J connectivity index is 1.28. The normalized spacial score (nSPS) is 21.8. The molecule has 9 heteroatoms. The van der Waals surface area contributed by atoms with Crippen LogP contribution < -0.4 is 5.32 Å². The third kappa shape index (κ3) is 4.46. The lowest BCUT2D eigenvalue weighted by atomic mass is 9.78. The van der Waals surface area contributed by atoms with Crippen LogP contribution in [0.1, 0.15) is 35.0 Å². The molecule has 0 unspecified atom stereocenters. The Morgan fingerprint density at radius 3 is 2.45 bits per heavy atom. The fraction of sp³-hybridized carbons (Fsp3) is 0.241. The zero-order valence-corrected chi connectivity index (χ0v) is 21.2. The lowest BCUT2D eigenvalue weighted by Crippen LogP contribution is -2.36. The van der Waals surface area contributed by atoms with E-state index in [4.69, 9.17) is 25.6 Å². The van der Waals surface area contributed by atoms with Gasteiger partial charge in [-0.1, -0.05) is 53.2 Å². The molecule has 2 aliphatic rings. The van der Waals surface area contributed by atoms with E-state index in [1.165, 1.54) is 7.11 Å². The van der Waals surface area contributed by atoms with Crippen LogP contribution in [0.15, 0.2) is 77.3 Å². The number of carbonyl (C=O) groups excluding carboxylic acids is 2. The van der Waals surface area contributed by atoms with Crippen LogP contribution in [0, 0.1) is 5.92 Å². The van der Waals surface area contributed by atoms with Crippen molar-refractivity contribution in [3.8, 4) is 22.5 Å². The Bertz CT molecular complexity index is 1490. The molecule has 2 fully saturated rings. The van der Waals surface area contributed by atoms with Crippen molar-refractivity contribution in [2.75, 3.05) is 12.4 Å². The number of benzene rings is 3. The molecule has 1 amide bonds. The lowest BCUT2D eigenvalue weighted by Gasteiger charge is -2.24. The topological polar surface area (TPSA) is 104 Å². The third-order valence-corrected chi connectivity index (χ3v) is 7.45. The lowest BCUT2D eigenvalue weighted by molar-refractivity contribution is -0.121. The van der Waals surface area contributed by atoms with Crippen LogP contribution in [0.25, 0.3) is 22.5 Å². The quantitative estimate of drug-likeness (QED) is 0.317. The summed E-state index contributed by atoms with van der Waals surface area (Å²) in [5.41, 5.74) is 3.19. The van der Waals surface area contributed by atoms with E-state index in [9.17, 15) is 9.59 Å². The summed E-state index contributed by atoms with van der Waals surface area (Å²) in [7, 11) is 1.32. The second kappa shape index (κ2) is 10.0. The van der Waals surface area contributed by atoms with Gasteiger partial charge in [-0.2, -0.15) is 4.98 Å². The first-order valence-corrected chi connectivity index (χ1v) is 12.7. The maximum atomic E-state index is 13.7. The SMILES string of the molecule is COC(=O)c1cc(-c2ccccc2)ccc1NC(=O)[C@H]1[C@@H](c2nc(-c3ccc(Cl)cc3)no2)[C@@H]2CC[C@H]1O2. The molecule has 0 spiro atoms. The third-order valence-electron chi connectivity index (χ3n) is 7.20. The predicted molar refractivity (Wildman–Crippen MR) is 141 cm³/mol. The molecule has 0 saturated carbocycles. The summed E-state index contributed by atoms with van der Waals surface area (Å²) in [5.74, 6) is -0.980. The van der Waals surface area contributed by atoms with Crippen LogP contribution in [0.2, 0.25) is 5.02 Å². The number of hydrogen-bond donors (Lipinski definition) is 1. The summed E-state index contributed by atoms with van der Waals surface area (Å²) in [5, 5.41) is 7.69. The number of amides is 1. The average molecular weight is 530 g/mol. The van der Waals surface area contributed by atoms with Crippen molar-refractivity contribution in [2.45, 2.75) is 31.0 Å². The number of anilines is 1. The molecular weight excluding hydrogens is 506 g/mol. The predicted octanol–water partition coefficient (Wildman–Crippen LogP) is 5.74. The highest BCUT2D eigenvalue weighted by molar-refractivity contribution is 6.30. The van der Waals surface area contributed by atoms with Crippen LogP contribution in [-0.4, -0.2) is 41.3 Å². The standard InChI is InChI=1S/C29H24ClN3O5/c1-36-29(35)20-15-18(16-5-3-2-4-6-16)9-12-21(20)31-27(34)24-22-13-14-23(37-22)25(24)28-32-26(33-38-28)17-7-10-19(30)11-8-17/h2-12,15,22-25H,13-14H2,1H3,(H,31,34)/t22-,23+,24-,25+/m1/s1. The average Bonchev–Trinajstić information content (AvgIpc) is 3.70. The van der Waals surface area contributed by atoms with E-state index in [1.807, 2.05) is 48.5 Å². The van der Waals surface area contributed by atoms with E-state index in [-0.39, 0.29) is 23.7 Å². The fourth-order valence-electron chi connectivity index (χ4n) is 5.37. The maximum Gasteiger partial charge on any atom is 0.339 e. The number of aromatic nitrogens is 2. The first-order chi connectivity index (χ1) is 18.5. The zero-order chi connectivity index (χ0) is 26.2. The molecule has 1 N–H and O–H groups in total. The van der Waals surface area contributed by atoms with E-state index in [1.54, 1.807) is 24.3 Å². The van der Waals surface area contributed by atoms with Crippen molar-refractivity contribution in [2.24, 2.45) is 5.92 Å². The molecule has 2 saturated heterocycles. The van der Waals surface area contributed by atoms with Crippen molar-refractivity contribution in [3.05, 3.63) is 89.3 Å². The Kier molecular flexibility index (Phi) is 6.43. The second-order valence-corrected chi connectivity index (χ2v) is 9.85. The van der Waals surface area contributed by atoms with Crippen molar-refractivity contribution >= 4 is 29.2 Å². The summed E-state index contributed by atoms with van der Waals surface area (Å²) < 4.78 is 16.8. The summed E-state index contributed by atoms with van der Waals surface area (Å²) in [6.07, 6.45) is 1.08. The van der Waals surface area contributed by atoms with Gasteiger partial charge in [0.1, 0.15) is 0 Å². The van der Waals surface area contributed by atoms with Gasteiger partial charge in [0.2, 0.25) is 17.6 Å². The number of ether oxygens (including phenoxy) is 2. The first-order valence-electron chi connectivity index (χ1n) is 12.4. The minimum atomic E-state index is -0.549. The van der Waals surface area contributed by atoms with E-state index >= 15 is 0 Å². The second-order valence-electron chi connectivity index (χ2n) is 9.41. The Labute approximate surface area is 223 Å². The van der Waals surface area contributed by atoms with Gasteiger partial charge in [0.05, 0.1) is 42.4 Å². The van der Waals surface area contributed by atoms with E-state index in [0.29, 0.717) is 22.4 Å². The monoisotopic (exact) mass is 529 g/mol. The molecule has 3 heterocycles. The largest absolute Gasteiger partial charge is 0.465 e. The van der Waals surface area contributed by atoms with Crippen molar-refractivity contribution in [1.82, 2.24) is 10.1 Å². The van der Waals surface area contributed by atoms with Gasteiger partial charge in [-0.25, -0.2) is 4.79 Å². The van der Waals surface area contributed by atoms with E-state index < -0.39 is 17.8 Å². The number of hydrogen-bond acceptors (Lipinski definition) is 7. The van der Waals surface area contributed by atoms with Crippen molar-refractivity contribution in [1.29, 1.82) is 0 Å². The molecule has 0 aliphatic carbocycles. The van der Waals surface area contributed by atoms with Gasteiger partial charge in [0.15, 0.2) is 0 Å². The van der Waals surface area contributed by atoms with E-state index in [2.05, 4.69) is 15.5 Å². The van der Waals surface area contributed by atoms with Crippen LogP contribution >= 0.6 is 11.6 Å². The van der Waals surface area contributed by atoms with Gasteiger partial charge in [0, 0.05) is 10.6 Å². The molecule has 4 aromatic rings. The Morgan fingerprint density at radius 2 is 1.68 bits per heavy atom. The van der Waals surface area contributed by atoms with Crippen LogP contribution in [0.3, 0.4) is 0 Å². The highest BCUT2D eigenvalue weighted by atomic mass is 35.5. The Morgan fingerprint density at radius 1 is 0.947 bits per heavy atom. The molecule has 2 bridgehead atoms. The minimum Gasteiger partial charge on any atom is -0.465 e. The molecule has 8 nitrogen and oxygen atoms in total. The van der Waals surface area contributed by atoms with Crippen LogP contribution in [0.5, 0.6) is 0 Å². The summed E-state index contributed by atoms with van der Waals surface area (Å²) in [4.78, 5) is 30.9. The maximum absolute atomic E-state index is 13.7. The van der Waals surface area contributed by atoms with Crippen molar-refractivity contribution in [3.63, 3.8) is 0 Å². The molecule has 4 atom stereocenters. The van der Waals surface area contributed by atoms with Gasteiger partial charge in [-0.15, -0.1) is 0 Å². The zero-order valence-electron chi connectivity index (χ0n) is 20.5.